The number of thioether (sulfide) groups is 1. The molecule has 0 radical (unpaired) electrons. The average Bonchev–Trinajstić information content (AvgIpc) is 2.80. The normalized spacial score (nSPS) is 11.1. The maximum absolute atomic E-state index is 12.8. The summed E-state index contributed by atoms with van der Waals surface area (Å²) in [4.78, 5) is 18.2. The summed E-state index contributed by atoms with van der Waals surface area (Å²) in [5.74, 6) is 0.343. The largest absolute Gasteiger partial charge is 0.269 e. The third kappa shape index (κ3) is 2.62. The van der Waals surface area contributed by atoms with Gasteiger partial charge in [-0.3, -0.25) is 9.20 Å². The van der Waals surface area contributed by atoms with Crippen LogP contribution in [0.25, 0.3) is 4.96 Å². The van der Waals surface area contributed by atoms with Gasteiger partial charge in [0.25, 0.3) is 5.56 Å². The Kier molecular flexibility index (Phi) is 3.58. The fourth-order valence-corrected chi connectivity index (χ4v) is 3.54. The summed E-state index contributed by atoms with van der Waals surface area (Å²) in [7, 11) is 0. The zero-order chi connectivity index (χ0) is 14.1. The molecule has 0 saturated carbocycles. The summed E-state index contributed by atoms with van der Waals surface area (Å²) in [6, 6.07) is 7.86. The van der Waals surface area contributed by atoms with E-state index in [2.05, 4.69) is 4.98 Å². The van der Waals surface area contributed by atoms with Gasteiger partial charge in [0.15, 0.2) is 4.96 Å². The summed E-state index contributed by atoms with van der Waals surface area (Å²) in [5, 5.41) is 1.92. The number of aryl methyl sites for hydroxylation is 1. The molecule has 1 aromatic carbocycles. The summed E-state index contributed by atoms with van der Waals surface area (Å²) in [5.41, 5.74) is 1.59. The molecule has 0 fully saturated rings. The summed E-state index contributed by atoms with van der Waals surface area (Å²) in [6.07, 6.45) is 0. The number of halogens is 1. The Balaban J connectivity index is 1.84. The molecule has 0 N–H and O–H groups in total. The van der Waals surface area contributed by atoms with Crippen LogP contribution in [0, 0.1) is 12.7 Å². The quantitative estimate of drug-likeness (QED) is 0.695. The van der Waals surface area contributed by atoms with Gasteiger partial charge < -0.3 is 0 Å². The van der Waals surface area contributed by atoms with Crippen LogP contribution >= 0.6 is 23.1 Å². The minimum absolute atomic E-state index is 0.0524. The van der Waals surface area contributed by atoms with E-state index in [1.165, 1.54) is 35.2 Å². The molecule has 3 nitrogen and oxygen atoms in total. The molecule has 2 aromatic heterocycles. The van der Waals surface area contributed by atoms with Gasteiger partial charge in [-0.05, 0) is 31.2 Å². The Morgan fingerprint density at radius 2 is 2.10 bits per heavy atom. The SMILES string of the molecule is Cc1csc2nc(CSc3ccc(F)cc3)cc(=O)n12. The second-order valence-electron chi connectivity index (χ2n) is 4.32. The first-order chi connectivity index (χ1) is 9.63. The molecule has 0 aliphatic heterocycles. The monoisotopic (exact) mass is 306 g/mol. The molecule has 20 heavy (non-hydrogen) atoms. The average molecular weight is 306 g/mol. The Bertz CT molecular complexity index is 808. The van der Waals surface area contributed by atoms with Crippen LogP contribution < -0.4 is 5.56 Å². The van der Waals surface area contributed by atoms with E-state index in [1.54, 1.807) is 22.6 Å². The first-order valence-corrected chi connectivity index (χ1v) is 7.85. The van der Waals surface area contributed by atoms with E-state index < -0.39 is 0 Å². The first kappa shape index (κ1) is 13.3. The third-order valence-corrected chi connectivity index (χ3v) is 4.82. The molecule has 3 aromatic rings. The number of hydrogen-bond donors (Lipinski definition) is 0. The van der Waals surface area contributed by atoms with E-state index in [-0.39, 0.29) is 11.4 Å². The Morgan fingerprint density at radius 1 is 1.35 bits per heavy atom. The first-order valence-electron chi connectivity index (χ1n) is 5.98. The van der Waals surface area contributed by atoms with Crippen LogP contribution in [-0.4, -0.2) is 9.38 Å². The number of hydrogen-bond acceptors (Lipinski definition) is 4. The summed E-state index contributed by atoms with van der Waals surface area (Å²) < 4.78 is 14.4. The van der Waals surface area contributed by atoms with E-state index in [1.807, 2.05) is 12.3 Å². The van der Waals surface area contributed by atoms with Gasteiger partial charge >= 0.3 is 0 Å². The van der Waals surface area contributed by atoms with Crippen LogP contribution in [0.5, 0.6) is 0 Å². The zero-order valence-corrected chi connectivity index (χ0v) is 12.3. The van der Waals surface area contributed by atoms with Crippen molar-refractivity contribution in [2.45, 2.75) is 17.6 Å². The standard InChI is InChI=1S/C14H11FN2OS2/c1-9-7-20-14-16-11(6-13(18)17(9)14)8-19-12-4-2-10(15)3-5-12/h2-7H,8H2,1H3. The van der Waals surface area contributed by atoms with E-state index in [9.17, 15) is 9.18 Å². The second-order valence-corrected chi connectivity index (χ2v) is 6.21. The molecule has 0 unspecified atom stereocenters. The van der Waals surface area contributed by atoms with Gasteiger partial charge in [0.2, 0.25) is 0 Å². The van der Waals surface area contributed by atoms with Crippen molar-refractivity contribution < 1.29 is 4.39 Å². The van der Waals surface area contributed by atoms with Crippen molar-refractivity contribution in [1.29, 1.82) is 0 Å². The van der Waals surface area contributed by atoms with Crippen LogP contribution in [0.1, 0.15) is 11.4 Å². The lowest BCUT2D eigenvalue weighted by Gasteiger charge is -2.02. The number of nitrogens with zero attached hydrogens (tertiary/aromatic N) is 2. The highest BCUT2D eigenvalue weighted by Gasteiger charge is 2.06. The fraction of sp³-hybridized carbons (Fsp3) is 0.143. The van der Waals surface area contributed by atoms with Gasteiger partial charge in [0.1, 0.15) is 5.82 Å². The van der Waals surface area contributed by atoms with E-state index >= 15 is 0 Å². The third-order valence-electron chi connectivity index (χ3n) is 2.83. The maximum atomic E-state index is 12.8. The molecule has 0 atom stereocenters. The molecular formula is C14H11FN2OS2. The van der Waals surface area contributed by atoms with Crippen molar-refractivity contribution in [2.24, 2.45) is 0 Å². The zero-order valence-electron chi connectivity index (χ0n) is 10.7. The number of thiazole rings is 1. The van der Waals surface area contributed by atoms with Crippen LogP contribution in [-0.2, 0) is 5.75 Å². The molecule has 102 valence electrons. The second kappa shape index (κ2) is 5.38. The molecule has 0 bridgehead atoms. The van der Waals surface area contributed by atoms with Crippen LogP contribution in [0.4, 0.5) is 4.39 Å². The van der Waals surface area contributed by atoms with Crippen molar-refractivity contribution in [3.63, 3.8) is 0 Å². The molecular weight excluding hydrogens is 295 g/mol. The highest BCUT2D eigenvalue weighted by Crippen LogP contribution is 2.22. The minimum Gasteiger partial charge on any atom is -0.269 e. The van der Waals surface area contributed by atoms with Crippen molar-refractivity contribution in [2.75, 3.05) is 0 Å². The fourth-order valence-electron chi connectivity index (χ4n) is 1.86. The predicted molar refractivity (Wildman–Crippen MR) is 80.0 cm³/mol. The lowest BCUT2D eigenvalue weighted by atomic mass is 10.4. The van der Waals surface area contributed by atoms with Crippen LogP contribution in [0.3, 0.4) is 0 Å². The molecule has 0 aliphatic carbocycles. The smallest absolute Gasteiger partial charge is 0.258 e. The van der Waals surface area contributed by atoms with Gasteiger partial charge in [-0.15, -0.1) is 23.1 Å². The predicted octanol–water partition coefficient (Wildman–Crippen LogP) is 3.50. The van der Waals surface area contributed by atoms with Crippen molar-refractivity contribution in [3.8, 4) is 0 Å². The molecule has 0 aliphatic rings. The molecule has 0 spiro atoms. The number of aromatic nitrogens is 2. The number of benzene rings is 1. The van der Waals surface area contributed by atoms with Crippen LogP contribution in [0.15, 0.2) is 45.4 Å². The van der Waals surface area contributed by atoms with E-state index in [0.29, 0.717) is 10.7 Å². The summed E-state index contributed by atoms with van der Waals surface area (Å²) >= 11 is 2.99. The molecule has 3 rings (SSSR count). The van der Waals surface area contributed by atoms with E-state index in [0.717, 1.165) is 16.3 Å². The van der Waals surface area contributed by atoms with Crippen molar-refractivity contribution in [1.82, 2.24) is 9.38 Å². The van der Waals surface area contributed by atoms with Gasteiger partial charge in [0.05, 0.1) is 5.69 Å². The molecule has 0 saturated heterocycles. The lowest BCUT2D eigenvalue weighted by Crippen LogP contribution is -2.14. The molecule has 6 heteroatoms. The highest BCUT2D eigenvalue weighted by atomic mass is 32.2. The highest BCUT2D eigenvalue weighted by molar-refractivity contribution is 7.98. The topological polar surface area (TPSA) is 34.4 Å². The molecule has 2 heterocycles. The van der Waals surface area contributed by atoms with Crippen molar-refractivity contribution in [3.05, 3.63) is 63.3 Å². The maximum Gasteiger partial charge on any atom is 0.258 e. The van der Waals surface area contributed by atoms with E-state index in [4.69, 9.17) is 0 Å². The Labute approximate surface area is 123 Å². The minimum atomic E-state index is -0.249. The van der Waals surface area contributed by atoms with Crippen LogP contribution in [0.2, 0.25) is 0 Å². The Morgan fingerprint density at radius 3 is 2.85 bits per heavy atom. The number of fused-ring (bicyclic) bond motifs is 1. The van der Waals surface area contributed by atoms with Crippen molar-refractivity contribution >= 4 is 28.1 Å². The van der Waals surface area contributed by atoms with Gasteiger partial charge in [-0.2, -0.15) is 0 Å². The van der Waals surface area contributed by atoms with Gasteiger partial charge in [-0.1, -0.05) is 0 Å². The lowest BCUT2D eigenvalue weighted by molar-refractivity contribution is 0.626. The molecule has 0 amide bonds. The van der Waals surface area contributed by atoms with Gasteiger partial charge in [0, 0.05) is 27.8 Å². The number of rotatable bonds is 3. The Hall–Kier alpha value is -1.66. The van der Waals surface area contributed by atoms with Gasteiger partial charge in [-0.25, -0.2) is 9.37 Å². The summed E-state index contributed by atoms with van der Waals surface area (Å²) in [6.45, 7) is 1.89.